The van der Waals surface area contributed by atoms with Gasteiger partial charge in [-0.3, -0.25) is 9.59 Å². The maximum absolute atomic E-state index is 12.3. The molecule has 1 aliphatic carbocycles. The third-order valence-electron chi connectivity index (χ3n) is 4.26. The quantitative estimate of drug-likeness (QED) is 0.884. The van der Waals surface area contributed by atoms with Gasteiger partial charge in [0.05, 0.1) is 6.61 Å². The van der Waals surface area contributed by atoms with Gasteiger partial charge in [-0.1, -0.05) is 19.3 Å². The maximum atomic E-state index is 12.3. The van der Waals surface area contributed by atoms with Gasteiger partial charge in [0.2, 0.25) is 0 Å². The Morgan fingerprint density at radius 3 is 2.88 bits per heavy atom. The van der Waals surface area contributed by atoms with Gasteiger partial charge in [0.15, 0.2) is 11.6 Å². The SMILES string of the molecule is O=C(Nc1ncccc1OCC1CCCCC1)c1ccc[nH]c1=O. The molecule has 1 aliphatic rings. The molecule has 0 bridgehead atoms. The summed E-state index contributed by atoms with van der Waals surface area (Å²) < 4.78 is 5.88. The second kappa shape index (κ2) is 7.77. The predicted octanol–water partition coefficient (Wildman–Crippen LogP) is 2.98. The number of anilines is 1. The molecule has 126 valence electrons. The number of aromatic nitrogens is 2. The average Bonchev–Trinajstić information content (AvgIpc) is 2.62. The molecule has 2 aromatic rings. The zero-order chi connectivity index (χ0) is 16.8. The normalized spacial score (nSPS) is 15.0. The molecule has 0 spiro atoms. The highest BCUT2D eigenvalue weighted by atomic mass is 16.5. The Bertz CT molecular complexity index is 751. The molecule has 6 nitrogen and oxygen atoms in total. The Morgan fingerprint density at radius 1 is 1.25 bits per heavy atom. The first-order valence-electron chi connectivity index (χ1n) is 8.31. The van der Waals surface area contributed by atoms with Crippen molar-refractivity contribution in [3.63, 3.8) is 0 Å². The van der Waals surface area contributed by atoms with Crippen LogP contribution in [0, 0.1) is 5.92 Å². The van der Waals surface area contributed by atoms with Gasteiger partial charge >= 0.3 is 0 Å². The zero-order valence-electron chi connectivity index (χ0n) is 13.5. The minimum Gasteiger partial charge on any atom is -0.489 e. The number of carbonyl (C=O) groups excluding carboxylic acids is 1. The molecule has 0 atom stereocenters. The van der Waals surface area contributed by atoms with Crippen molar-refractivity contribution in [2.75, 3.05) is 11.9 Å². The van der Waals surface area contributed by atoms with E-state index in [1.807, 2.05) is 0 Å². The van der Waals surface area contributed by atoms with Gasteiger partial charge < -0.3 is 15.0 Å². The molecule has 0 unspecified atom stereocenters. The van der Waals surface area contributed by atoms with E-state index in [2.05, 4.69) is 15.3 Å². The Hall–Kier alpha value is -2.63. The van der Waals surface area contributed by atoms with E-state index in [1.165, 1.54) is 44.4 Å². The predicted molar refractivity (Wildman–Crippen MR) is 91.3 cm³/mol. The zero-order valence-corrected chi connectivity index (χ0v) is 13.5. The summed E-state index contributed by atoms with van der Waals surface area (Å²) in [4.78, 5) is 30.6. The maximum Gasteiger partial charge on any atom is 0.262 e. The molecule has 1 fully saturated rings. The fourth-order valence-electron chi connectivity index (χ4n) is 2.94. The molecule has 0 radical (unpaired) electrons. The summed E-state index contributed by atoms with van der Waals surface area (Å²) >= 11 is 0. The van der Waals surface area contributed by atoms with E-state index in [1.54, 1.807) is 24.4 Å². The summed E-state index contributed by atoms with van der Waals surface area (Å²) in [7, 11) is 0. The highest BCUT2D eigenvalue weighted by Crippen LogP contribution is 2.27. The lowest BCUT2D eigenvalue weighted by molar-refractivity contribution is 0.102. The highest BCUT2D eigenvalue weighted by Gasteiger charge is 2.17. The summed E-state index contributed by atoms with van der Waals surface area (Å²) in [6, 6.07) is 6.62. The van der Waals surface area contributed by atoms with E-state index in [-0.39, 0.29) is 5.56 Å². The van der Waals surface area contributed by atoms with E-state index >= 15 is 0 Å². The fraction of sp³-hybridized carbons (Fsp3) is 0.389. The van der Waals surface area contributed by atoms with Gasteiger partial charge in [0.25, 0.3) is 11.5 Å². The van der Waals surface area contributed by atoms with Crippen LogP contribution in [0.5, 0.6) is 5.75 Å². The van der Waals surface area contributed by atoms with E-state index in [9.17, 15) is 9.59 Å². The lowest BCUT2D eigenvalue weighted by Crippen LogP contribution is -2.23. The number of rotatable bonds is 5. The van der Waals surface area contributed by atoms with Gasteiger partial charge in [-0.05, 0) is 43.0 Å². The van der Waals surface area contributed by atoms with Crippen molar-refractivity contribution in [3.8, 4) is 5.75 Å². The summed E-state index contributed by atoms with van der Waals surface area (Å²) in [5.41, 5.74) is -0.392. The molecule has 2 aromatic heterocycles. The average molecular weight is 327 g/mol. The number of aromatic amines is 1. The van der Waals surface area contributed by atoms with Crippen molar-refractivity contribution >= 4 is 11.7 Å². The van der Waals surface area contributed by atoms with Crippen LogP contribution in [-0.4, -0.2) is 22.5 Å². The molecule has 24 heavy (non-hydrogen) atoms. The molecule has 0 aliphatic heterocycles. The van der Waals surface area contributed by atoms with Gasteiger partial charge in [-0.25, -0.2) is 4.98 Å². The minimum absolute atomic E-state index is 0.0429. The molecule has 2 N–H and O–H groups in total. The largest absolute Gasteiger partial charge is 0.489 e. The number of H-pyrrole nitrogens is 1. The standard InChI is InChI=1S/C18H21N3O3/c22-17-14(8-4-11-20-17)18(23)21-16-15(9-5-10-19-16)24-12-13-6-2-1-3-7-13/h4-5,8-11,13H,1-3,6-7,12H2,(H,20,22)(H,19,21,23). The number of carbonyl (C=O) groups is 1. The first-order chi connectivity index (χ1) is 11.7. The third-order valence-corrected chi connectivity index (χ3v) is 4.26. The molecule has 0 aromatic carbocycles. The van der Waals surface area contributed by atoms with Crippen LogP contribution in [0.2, 0.25) is 0 Å². The first kappa shape index (κ1) is 16.2. The number of pyridine rings is 2. The van der Waals surface area contributed by atoms with E-state index in [0.29, 0.717) is 24.1 Å². The van der Waals surface area contributed by atoms with Gasteiger partial charge in [-0.15, -0.1) is 0 Å². The van der Waals surface area contributed by atoms with Crippen molar-refractivity contribution in [3.05, 3.63) is 52.6 Å². The summed E-state index contributed by atoms with van der Waals surface area (Å²) in [6.45, 7) is 0.625. The number of hydrogen-bond acceptors (Lipinski definition) is 4. The molecule has 1 amide bonds. The van der Waals surface area contributed by atoms with Crippen LogP contribution in [0.3, 0.4) is 0 Å². The number of nitrogens with zero attached hydrogens (tertiary/aromatic N) is 1. The van der Waals surface area contributed by atoms with E-state index < -0.39 is 11.5 Å². The van der Waals surface area contributed by atoms with E-state index in [4.69, 9.17) is 4.74 Å². The van der Waals surface area contributed by atoms with Gasteiger partial charge in [-0.2, -0.15) is 0 Å². The number of hydrogen-bond donors (Lipinski definition) is 2. The first-order valence-corrected chi connectivity index (χ1v) is 8.31. The van der Waals surface area contributed by atoms with Crippen LogP contribution in [-0.2, 0) is 0 Å². The lowest BCUT2D eigenvalue weighted by Gasteiger charge is -2.22. The summed E-state index contributed by atoms with van der Waals surface area (Å²) in [5.74, 6) is 0.919. The van der Waals surface area contributed by atoms with Crippen LogP contribution in [0.4, 0.5) is 5.82 Å². The lowest BCUT2D eigenvalue weighted by atomic mass is 9.90. The fourth-order valence-corrected chi connectivity index (χ4v) is 2.94. The van der Waals surface area contributed by atoms with Crippen molar-refractivity contribution in [2.45, 2.75) is 32.1 Å². The van der Waals surface area contributed by atoms with Crippen molar-refractivity contribution in [1.82, 2.24) is 9.97 Å². The molecule has 0 saturated heterocycles. The molecule has 3 rings (SSSR count). The highest BCUT2D eigenvalue weighted by molar-refractivity contribution is 6.04. The molecule has 6 heteroatoms. The Kier molecular flexibility index (Phi) is 5.25. The molecule has 2 heterocycles. The second-order valence-electron chi connectivity index (χ2n) is 6.03. The van der Waals surface area contributed by atoms with Crippen LogP contribution < -0.4 is 15.6 Å². The summed E-state index contributed by atoms with van der Waals surface area (Å²) in [6.07, 6.45) is 9.23. The van der Waals surface area contributed by atoms with Gasteiger partial charge in [0, 0.05) is 12.4 Å². The Morgan fingerprint density at radius 2 is 2.08 bits per heavy atom. The van der Waals surface area contributed by atoms with Crippen molar-refractivity contribution in [1.29, 1.82) is 0 Å². The second-order valence-corrected chi connectivity index (χ2v) is 6.03. The van der Waals surface area contributed by atoms with E-state index in [0.717, 1.165) is 0 Å². The van der Waals surface area contributed by atoms with Gasteiger partial charge in [0.1, 0.15) is 5.56 Å². The smallest absolute Gasteiger partial charge is 0.262 e. The Labute approximate surface area is 140 Å². The number of nitrogens with one attached hydrogen (secondary N) is 2. The summed E-state index contributed by atoms with van der Waals surface area (Å²) in [5, 5.41) is 2.66. The molecular weight excluding hydrogens is 306 g/mol. The van der Waals surface area contributed by atoms with Crippen LogP contribution in [0.1, 0.15) is 42.5 Å². The van der Waals surface area contributed by atoms with Crippen molar-refractivity contribution < 1.29 is 9.53 Å². The van der Waals surface area contributed by atoms with Crippen LogP contribution in [0.15, 0.2) is 41.5 Å². The number of ether oxygens (including phenoxy) is 1. The monoisotopic (exact) mass is 327 g/mol. The molecule has 1 saturated carbocycles. The van der Waals surface area contributed by atoms with Crippen LogP contribution in [0.25, 0.3) is 0 Å². The topological polar surface area (TPSA) is 84.1 Å². The Balaban J connectivity index is 1.68. The minimum atomic E-state index is -0.502. The number of amides is 1. The molecular formula is C18H21N3O3. The third kappa shape index (κ3) is 4.01. The van der Waals surface area contributed by atoms with Crippen LogP contribution >= 0.6 is 0 Å². The van der Waals surface area contributed by atoms with Crippen molar-refractivity contribution in [2.24, 2.45) is 5.92 Å².